The van der Waals surface area contributed by atoms with Crippen LogP contribution in [-0.2, 0) is 19.1 Å². The molecular formula is C16H19BrN2O4. The molecule has 23 heavy (non-hydrogen) atoms. The third kappa shape index (κ3) is 8.15. The van der Waals surface area contributed by atoms with E-state index in [1.54, 1.807) is 6.08 Å². The summed E-state index contributed by atoms with van der Waals surface area (Å²) in [6.07, 6.45) is 2.82. The summed E-state index contributed by atoms with van der Waals surface area (Å²) >= 11 is 3.35. The molecule has 0 bridgehead atoms. The quantitative estimate of drug-likeness (QED) is 0.554. The van der Waals surface area contributed by atoms with Crippen LogP contribution < -0.4 is 10.6 Å². The van der Waals surface area contributed by atoms with Crippen LogP contribution in [0.4, 0.5) is 0 Å². The number of ether oxygens (including phenoxy) is 1. The van der Waals surface area contributed by atoms with Crippen LogP contribution in [0, 0.1) is 0 Å². The monoisotopic (exact) mass is 382 g/mol. The number of hydrogen-bond donors (Lipinski definition) is 2. The van der Waals surface area contributed by atoms with Gasteiger partial charge in [0.25, 0.3) is 5.91 Å². The second kappa shape index (κ2) is 9.78. The zero-order chi connectivity index (χ0) is 17.2. The topological polar surface area (TPSA) is 84.5 Å². The first kappa shape index (κ1) is 18.9. The van der Waals surface area contributed by atoms with Gasteiger partial charge in [0, 0.05) is 16.6 Å². The van der Waals surface area contributed by atoms with Gasteiger partial charge < -0.3 is 15.4 Å². The zero-order valence-corrected chi connectivity index (χ0v) is 14.6. The van der Waals surface area contributed by atoms with Crippen molar-refractivity contribution < 1.29 is 19.1 Å². The molecule has 1 rings (SSSR count). The maximum Gasteiger partial charge on any atom is 0.331 e. The number of benzene rings is 1. The Morgan fingerprint density at radius 2 is 1.91 bits per heavy atom. The smallest absolute Gasteiger partial charge is 0.331 e. The van der Waals surface area contributed by atoms with Crippen LogP contribution in [0.1, 0.15) is 19.4 Å². The van der Waals surface area contributed by atoms with E-state index in [0.717, 1.165) is 10.0 Å². The van der Waals surface area contributed by atoms with Crippen molar-refractivity contribution in [1.82, 2.24) is 10.6 Å². The molecule has 0 aromatic heterocycles. The Morgan fingerprint density at radius 3 is 2.57 bits per heavy atom. The van der Waals surface area contributed by atoms with E-state index in [1.165, 1.54) is 6.08 Å². The number of halogens is 1. The number of carbonyl (C=O) groups excluding carboxylic acids is 3. The highest BCUT2D eigenvalue weighted by atomic mass is 79.9. The van der Waals surface area contributed by atoms with Gasteiger partial charge in [0.2, 0.25) is 5.91 Å². The lowest BCUT2D eigenvalue weighted by molar-refractivity contribution is -0.143. The van der Waals surface area contributed by atoms with E-state index < -0.39 is 18.5 Å². The summed E-state index contributed by atoms with van der Waals surface area (Å²) in [4.78, 5) is 34.3. The van der Waals surface area contributed by atoms with E-state index in [0.29, 0.717) is 0 Å². The summed E-state index contributed by atoms with van der Waals surface area (Å²) in [7, 11) is 0. The van der Waals surface area contributed by atoms with Gasteiger partial charge in [-0.25, -0.2) is 4.79 Å². The average molecular weight is 383 g/mol. The van der Waals surface area contributed by atoms with Crippen molar-refractivity contribution in [3.05, 3.63) is 40.4 Å². The molecule has 7 heteroatoms. The molecule has 0 heterocycles. The Labute approximate surface area is 143 Å². The van der Waals surface area contributed by atoms with Crippen LogP contribution in [0.2, 0.25) is 0 Å². The molecule has 1 aromatic rings. The van der Waals surface area contributed by atoms with Crippen molar-refractivity contribution in [2.75, 3.05) is 13.2 Å². The Kier molecular flexibility index (Phi) is 8.04. The van der Waals surface area contributed by atoms with Crippen molar-refractivity contribution in [1.29, 1.82) is 0 Å². The van der Waals surface area contributed by atoms with Crippen molar-refractivity contribution in [3.63, 3.8) is 0 Å². The predicted octanol–water partition coefficient (Wildman–Crippen LogP) is 1.65. The Morgan fingerprint density at radius 1 is 1.22 bits per heavy atom. The van der Waals surface area contributed by atoms with Gasteiger partial charge in [0.1, 0.15) is 0 Å². The van der Waals surface area contributed by atoms with Crippen LogP contribution in [0.25, 0.3) is 6.08 Å². The molecule has 0 atom stereocenters. The molecule has 0 radical (unpaired) electrons. The molecule has 0 aliphatic carbocycles. The zero-order valence-electron chi connectivity index (χ0n) is 13.0. The molecule has 124 valence electrons. The van der Waals surface area contributed by atoms with E-state index in [2.05, 4.69) is 26.6 Å². The molecule has 6 nitrogen and oxygen atoms in total. The van der Waals surface area contributed by atoms with Gasteiger partial charge in [-0.15, -0.1) is 0 Å². The minimum absolute atomic E-state index is 0.000299. The fraction of sp³-hybridized carbons (Fsp3) is 0.312. The molecule has 0 saturated carbocycles. The fourth-order valence-electron chi connectivity index (χ4n) is 1.56. The van der Waals surface area contributed by atoms with Gasteiger partial charge in [-0.3, -0.25) is 9.59 Å². The fourth-order valence-corrected chi connectivity index (χ4v) is 1.97. The van der Waals surface area contributed by atoms with Gasteiger partial charge >= 0.3 is 5.97 Å². The SMILES string of the molecule is CC(C)NC(=O)CNC(=O)COC(=O)/C=C/c1ccccc1Br. The lowest BCUT2D eigenvalue weighted by Crippen LogP contribution is -2.41. The van der Waals surface area contributed by atoms with Crippen molar-refractivity contribution in [2.45, 2.75) is 19.9 Å². The summed E-state index contributed by atoms with van der Waals surface area (Å²) < 4.78 is 5.64. The summed E-state index contributed by atoms with van der Waals surface area (Å²) in [5.74, 6) is -1.47. The summed E-state index contributed by atoms with van der Waals surface area (Å²) in [6.45, 7) is 3.05. The van der Waals surface area contributed by atoms with Gasteiger partial charge in [-0.1, -0.05) is 34.1 Å². The van der Waals surface area contributed by atoms with E-state index in [4.69, 9.17) is 4.74 Å². The normalized spacial score (nSPS) is 10.6. The van der Waals surface area contributed by atoms with E-state index in [-0.39, 0.29) is 18.5 Å². The first-order chi connectivity index (χ1) is 10.9. The largest absolute Gasteiger partial charge is 0.452 e. The third-order valence-electron chi connectivity index (χ3n) is 2.55. The molecule has 0 aliphatic rings. The molecule has 0 fully saturated rings. The van der Waals surface area contributed by atoms with Gasteiger partial charge in [-0.05, 0) is 31.6 Å². The Hall–Kier alpha value is -2.15. The van der Waals surface area contributed by atoms with E-state index in [9.17, 15) is 14.4 Å². The molecule has 2 N–H and O–H groups in total. The first-order valence-corrected chi connectivity index (χ1v) is 7.83. The molecular weight excluding hydrogens is 364 g/mol. The maximum absolute atomic E-state index is 11.5. The molecule has 0 aliphatic heterocycles. The maximum atomic E-state index is 11.5. The molecule has 1 aromatic carbocycles. The van der Waals surface area contributed by atoms with Gasteiger partial charge in [0.15, 0.2) is 6.61 Å². The standard InChI is InChI=1S/C16H19BrN2O4/c1-11(2)19-14(20)9-18-15(21)10-23-16(22)8-7-12-5-3-4-6-13(12)17/h3-8,11H,9-10H2,1-2H3,(H,18,21)(H,19,20)/b8-7+. The first-order valence-electron chi connectivity index (χ1n) is 7.04. The predicted molar refractivity (Wildman–Crippen MR) is 90.4 cm³/mol. The minimum atomic E-state index is -0.637. The molecule has 0 saturated heterocycles. The van der Waals surface area contributed by atoms with Crippen molar-refractivity contribution in [3.8, 4) is 0 Å². The van der Waals surface area contributed by atoms with Crippen LogP contribution in [0.15, 0.2) is 34.8 Å². The number of rotatable bonds is 7. The summed E-state index contributed by atoms with van der Waals surface area (Å²) in [5, 5.41) is 5.00. The summed E-state index contributed by atoms with van der Waals surface area (Å²) in [6, 6.07) is 7.37. The number of nitrogens with one attached hydrogen (secondary N) is 2. The van der Waals surface area contributed by atoms with Crippen LogP contribution in [-0.4, -0.2) is 37.0 Å². The highest BCUT2D eigenvalue weighted by molar-refractivity contribution is 9.10. The van der Waals surface area contributed by atoms with Crippen LogP contribution in [0.3, 0.4) is 0 Å². The number of carbonyl (C=O) groups is 3. The second-order valence-electron chi connectivity index (χ2n) is 4.96. The average Bonchev–Trinajstić information content (AvgIpc) is 2.49. The van der Waals surface area contributed by atoms with E-state index >= 15 is 0 Å². The van der Waals surface area contributed by atoms with Crippen molar-refractivity contribution in [2.24, 2.45) is 0 Å². The van der Waals surface area contributed by atoms with Crippen molar-refractivity contribution >= 4 is 39.8 Å². The van der Waals surface area contributed by atoms with Gasteiger partial charge in [0.05, 0.1) is 6.54 Å². The summed E-state index contributed by atoms with van der Waals surface area (Å²) in [5.41, 5.74) is 0.819. The third-order valence-corrected chi connectivity index (χ3v) is 3.27. The highest BCUT2D eigenvalue weighted by Gasteiger charge is 2.08. The second-order valence-corrected chi connectivity index (χ2v) is 5.82. The van der Waals surface area contributed by atoms with Gasteiger partial charge in [-0.2, -0.15) is 0 Å². The lowest BCUT2D eigenvalue weighted by Gasteiger charge is -2.09. The highest BCUT2D eigenvalue weighted by Crippen LogP contribution is 2.16. The Bertz CT molecular complexity index is 599. The molecule has 2 amide bonds. The molecule has 0 spiro atoms. The Balaban J connectivity index is 2.31. The van der Waals surface area contributed by atoms with Crippen LogP contribution in [0.5, 0.6) is 0 Å². The van der Waals surface area contributed by atoms with Crippen LogP contribution >= 0.6 is 15.9 Å². The molecule has 0 unspecified atom stereocenters. The van der Waals surface area contributed by atoms with E-state index in [1.807, 2.05) is 38.1 Å². The lowest BCUT2D eigenvalue weighted by atomic mass is 10.2. The minimum Gasteiger partial charge on any atom is -0.452 e. The number of hydrogen-bond acceptors (Lipinski definition) is 4. The number of esters is 1. The number of amides is 2.